The zero-order valence-electron chi connectivity index (χ0n) is 14.6. The maximum absolute atomic E-state index is 12.1. The van der Waals surface area contributed by atoms with Crippen molar-refractivity contribution in [2.24, 2.45) is 0 Å². The predicted octanol–water partition coefficient (Wildman–Crippen LogP) is 5.68. The van der Waals surface area contributed by atoms with Crippen LogP contribution >= 0.6 is 0 Å². The highest BCUT2D eigenvalue weighted by atomic mass is 16.3. The van der Waals surface area contributed by atoms with Gasteiger partial charge in [0, 0.05) is 0 Å². The van der Waals surface area contributed by atoms with E-state index < -0.39 is 0 Å². The van der Waals surface area contributed by atoms with Crippen LogP contribution < -0.4 is 0 Å². The van der Waals surface area contributed by atoms with Gasteiger partial charge in [0.1, 0.15) is 0 Å². The van der Waals surface area contributed by atoms with Crippen molar-refractivity contribution in [3.05, 3.63) is 71.6 Å². The van der Waals surface area contributed by atoms with E-state index in [4.69, 9.17) is 8.83 Å². The van der Waals surface area contributed by atoms with Gasteiger partial charge in [-0.15, -0.1) is 0 Å². The standard InChI is InChI=1S/C21H26O3/c1-17(5-3-7-19-9-11-23-15-19)13-21(22)14-18(2)6-4-8-20-10-12-24-16-20/h9-16H,3-8H2,1-2H3/b17-13-,18-14+. The lowest BCUT2D eigenvalue weighted by atomic mass is 10.0. The molecule has 128 valence electrons. The minimum absolute atomic E-state index is 0.0941. The average Bonchev–Trinajstić information content (AvgIpc) is 3.20. The average molecular weight is 326 g/mol. The number of furan rings is 2. The molecule has 0 unspecified atom stereocenters. The first kappa shape index (κ1) is 18.1. The largest absolute Gasteiger partial charge is 0.472 e. The Kier molecular flexibility index (Phi) is 7.34. The first-order valence-corrected chi connectivity index (χ1v) is 8.54. The highest BCUT2D eigenvalue weighted by Crippen LogP contribution is 2.12. The van der Waals surface area contributed by atoms with Gasteiger partial charge in [-0.3, -0.25) is 4.79 Å². The van der Waals surface area contributed by atoms with Gasteiger partial charge in [-0.25, -0.2) is 0 Å². The summed E-state index contributed by atoms with van der Waals surface area (Å²) in [4.78, 5) is 12.1. The second kappa shape index (κ2) is 9.76. The molecule has 0 aromatic carbocycles. The van der Waals surface area contributed by atoms with E-state index >= 15 is 0 Å². The summed E-state index contributed by atoms with van der Waals surface area (Å²) in [6, 6.07) is 3.97. The minimum atomic E-state index is 0.0941. The van der Waals surface area contributed by atoms with Crippen LogP contribution in [-0.4, -0.2) is 5.78 Å². The van der Waals surface area contributed by atoms with Gasteiger partial charge in [-0.1, -0.05) is 11.1 Å². The quantitative estimate of drug-likeness (QED) is 0.527. The lowest BCUT2D eigenvalue weighted by Gasteiger charge is -2.01. The van der Waals surface area contributed by atoms with Crippen molar-refractivity contribution in [1.82, 2.24) is 0 Å². The molecule has 3 heteroatoms. The molecule has 0 saturated heterocycles. The topological polar surface area (TPSA) is 43.4 Å². The van der Waals surface area contributed by atoms with E-state index in [1.165, 1.54) is 11.1 Å². The van der Waals surface area contributed by atoms with Crippen molar-refractivity contribution in [1.29, 1.82) is 0 Å². The third-order valence-electron chi connectivity index (χ3n) is 4.01. The van der Waals surface area contributed by atoms with Crippen LogP contribution in [0.15, 0.2) is 69.3 Å². The summed E-state index contributed by atoms with van der Waals surface area (Å²) < 4.78 is 10.1. The Bertz CT molecular complexity index is 600. The maximum atomic E-state index is 12.1. The molecule has 0 saturated carbocycles. The van der Waals surface area contributed by atoms with Gasteiger partial charge in [0.2, 0.25) is 0 Å². The van der Waals surface area contributed by atoms with Gasteiger partial charge in [0.15, 0.2) is 5.78 Å². The Hall–Kier alpha value is -2.29. The molecule has 0 aliphatic rings. The molecule has 0 fully saturated rings. The first-order valence-electron chi connectivity index (χ1n) is 8.54. The molecule has 2 heterocycles. The van der Waals surface area contributed by atoms with Crippen molar-refractivity contribution >= 4 is 5.78 Å². The van der Waals surface area contributed by atoms with E-state index in [1.54, 1.807) is 37.2 Å². The number of ketones is 1. The Balaban J connectivity index is 1.68. The summed E-state index contributed by atoms with van der Waals surface area (Å²) in [5.41, 5.74) is 4.68. The molecule has 0 radical (unpaired) electrons. The van der Waals surface area contributed by atoms with Crippen molar-refractivity contribution < 1.29 is 13.6 Å². The molecule has 3 nitrogen and oxygen atoms in total. The fourth-order valence-corrected chi connectivity index (χ4v) is 2.68. The van der Waals surface area contributed by atoms with Crippen molar-refractivity contribution in [3.8, 4) is 0 Å². The molecule has 0 N–H and O–H groups in total. The molecule has 2 aromatic rings. The number of carbonyl (C=O) groups is 1. The minimum Gasteiger partial charge on any atom is -0.472 e. The normalized spacial score (nSPS) is 12.6. The van der Waals surface area contributed by atoms with Crippen LogP contribution in [-0.2, 0) is 17.6 Å². The van der Waals surface area contributed by atoms with Crippen molar-refractivity contribution in [3.63, 3.8) is 0 Å². The monoisotopic (exact) mass is 326 g/mol. The SMILES string of the molecule is C/C(=C/C(=O)/C=C(\C)CCCc1ccoc1)CCCc1ccoc1. The molecular formula is C21H26O3. The summed E-state index contributed by atoms with van der Waals surface area (Å²) in [5.74, 6) is 0.0941. The van der Waals surface area contributed by atoms with E-state index in [0.717, 1.165) is 49.7 Å². The number of rotatable bonds is 10. The summed E-state index contributed by atoms with van der Waals surface area (Å²) in [6.07, 6.45) is 16.4. The maximum Gasteiger partial charge on any atom is 0.178 e. The fraction of sp³-hybridized carbons (Fsp3) is 0.381. The second-order valence-electron chi connectivity index (χ2n) is 6.35. The van der Waals surface area contributed by atoms with Gasteiger partial charge in [-0.2, -0.15) is 0 Å². The van der Waals surface area contributed by atoms with E-state index in [9.17, 15) is 4.79 Å². The third kappa shape index (κ3) is 6.86. The number of carbonyl (C=O) groups excluding carboxylic acids is 1. The van der Waals surface area contributed by atoms with E-state index in [-0.39, 0.29) is 5.78 Å². The second-order valence-corrected chi connectivity index (χ2v) is 6.35. The van der Waals surface area contributed by atoms with Gasteiger partial charge in [0.05, 0.1) is 25.1 Å². The van der Waals surface area contributed by atoms with Gasteiger partial charge >= 0.3 is 0 Å². The Morgan fingerprint density at radius 3 is 1.71 bits per heavy atom. The zero-order chi connectivity index (χ0) is 17.2. The fourth-order valence-electron chi connectivity index (χ4n) is 2.68. The Labute approximate surface area is 144 Å². The number of hydrogen-bond donors (Lipinski definition) is 0. The lowest BCUT2D eigenvalue weighted by Crippen LogP contribution is -1.93. The highest BCUT2D eigenvalue weighted by Gasteiger charge is 2.00. The molecule has 0 bridgehead atoms. The predicted molar refractivity (Wildman–Crippen MR) is 95.8 cm³/mol. The van der Waals surface area contributed by atoms with Crippen LogP contribution in [0.3, 0.4) is 0 Å². The van der Waals surface area contributed by atoms with Gasteiger partial charge < -0.3 is 8.83 Å². The summed E-state index contributed by atoms with van der Waals surface area (Å²) >= 11 is 0. The van der Waals surface area contributed by atoms with Crippen LogP contribution in [0.25, 0.3) is 0 Å². The molecule has 0 amide bonds. The number of allylic oxidation sites excluding steroid dienone is 4. The van der Waals surface area contributed by atoms with Gasteiger partial charge in [-0.05, 0) is 87.8 Å². The third-order valence-corrected chi connectivity index (χ3v) is 4.01. The van der Waals surface area contributed by atoms with Crippen LogP contribution in [0.5, 0.6) is 0 Å². The summed E-state index contributed by atoms with van der Waals surface area (Å²) in [6.45, 7) is 4.05. The van der Waals surface area contributed by atoms with E-state index in [1.807, 2.05) is 26.0 Å². The van der Waals surface area contributed by atoms with E-state index in [0.29, 0.717) is 0 Å². The number of hydrogen-bond acceptors (Lipinski definition) is 3. The molecule has 2 rings (SSSR count). The van der Waals surface area contributed by atoms with Gasteiger partial charge in [0.25, 0.3) is 0 Å². The molecular weight excluding hydrogens is 300 g/mol. The van der Waals surface area contributed by atoms with Crippen LogP contribution in [0, 0.1) is 0 Å². The van der Waals surface area contributed by atoms with Crippen molar-refractivity contribution in [2.75, 3.05) is 0 Å². The molecule has 0 atom stereocenters. The first-order chi connectivity index (χ1) is 11.6. The Morgan fingerprint density at radius 2 is 1.33 bits per heavy atom. The van der Waals surface area contributed by atoms with Crippen LogP contribution in [0.4, 0.5) is 0 Å². The molecule has 2 aromatic heterocycles. The molecule has 0 spiro atoms. The Morgan fingerprint density at radius 1 is 0.875 bits per heavy atom. The van der Waals surface area contributed by atoms with E-state index in [2.05, 4.69) is 0 Å². The molecule has 0 aliphatic carbocycles. The summed E-state index contributed by atoms with van der Waals surface area (Å²) in [5, 5.41) is 0. The van der Waals surface area contributed by atoms with Crippen LogP contribution in [0.1, 0.15) is 50.7 Å². The molecule has 0 aliphatic heterocycles. The number of aryl methyl sites for hydroxylation is 2. The smallest absolute Gasteiger partial charge is 0.178 e. The zero-order valence-corrected chi connectivity index (χ0v) is 14.6. The highest BCUT2D eigenvalue weighted by molar-refractivity contribution is 6.00. The van der Waals surface area contributed by atoms with Crippen molar-refractivity contribution in [2.45, 2.75) is 52.4 Å². The lowest BCUT2D eigenvalue weighted by molar-refractivity contribution is -0.110. The summed E-state index contributed by atoms with van der Waals surface area (Å²) in [7, 11) is 0. The van der Waals surface area contributed by atoms with Crippen LogP contribution in [0.2, 0.25) is 0 Å². The molecule has 24 heavy (non-hydrogen) atoms.